The van der Waals surface area contributed by atoms with E-state index in [2.05, 4.69) is 31.2 Å². The van der Waals surface area contributed by atoms with Gasteiger partial charge in [-0.05, 0) is 43.4 Å². The summed E-state index contributed by atoms with van der Waals surface area (Å²) in [4.78, 5) is 26.7. The molecular weight excluding hydrogens is 326 g/mol. The van der Waals surface area contributed by atoms with Crippen molar-refractivity contribution < 1.29 is 14.7 Å². The van der Waals surface area contributed by atoms with Crippen molar-refractivity contribution in [3.05, 3.63) is 70.8 Å². The van der Waals surface area contributed by atoms with E-state index in [0.29, 0.717) is 18.7 Å². The van der Waals surface area contributed by atoms with Crippen molar-refractivity contribution in [2.75, 3.05) is 13.1 Å². The van der Waals surface area contributed by atoms with Crippen LogP contribution < -0.4 is 0 Å². The summed E-state index contributed by atoms with van der Waals surface area (Å²) in [6.07, 6.45) is 2.63. The highest BCUT2D eigenvalue weighted by molar-refractivity contribution is 5.92. The Morgan fingerprint density at radius 2 is 1.77 bits per heavy atom. The van der Waals surface area contributed by atoms with E-state index in [0.717, 1.165) is 30.4 Å². The van der Waals surface area contributed by atoms with Crippen LogP contribution in [0.4, 0.5) is 0 Å². The number of benzene rings is 2. The van der Waals surface area contributed by atoms with Crippen molar-refractivity contribution in [1.82, 2.24) is 4.90 Å². The van der Waals surface area contributed by atoms with Gasteiger partial charge in [-0.3, -0.25) is 4.79 Å². The third kappa shape index (κ3) is 2.79. The molecular formula is C22H23NO3. The molecule has 1 aliphatic carbocycles. The number of rotatable bonds is 4. The quantitative estimate of drug-likeness (QED) is 0.915. The SMILES string of the molecule is Cc1ccc(C2(C(=O)N3CC[C@H](c4ccccc4C(=O)O)C3)CC2)cc1. The van der Waals surface area contributed by atoms with Gasteiger partial charge in [0.05, 0.1) is 11.0 Å². The molecule has 0 bridgehead atoms. The minimum Gasteiger partial charge on any atom is -0.478 e. The Kier molecular flexibility index (Phi) is 4.06. The Labute approximate surface area is 153 Å². The second kappa shape index (κ2) is 6.27. The lowest BCUT2D eigenvalue weighted by Gasteiger charge is -2.24. The van der Waals surface area contributed by atoms with Gasteiger partial charge in [0, 0.05) is 19.0 Å². The highest BCUT2D eigenvalue weighted by Crippen LogP contribution is 2.50. The van der Waals surface area contributed by atoms with Crippen LogP contribution in [-0.4, -0.2) is 35.0 Å². The van der Waals surface area contributed by atoms with Crippen LogP contribution in [0.1, 0.15) is 52.2 Å². The topological polar surface area (TPSA) is 57.6 Å². The van der Waals surface area contributed by atoms with Gasteiger partial charge in [0.2, 0.25) is 5.91 Å². The molecule has 0 spiro atoms. The summed E-state index contributed by atoms with van der Waals surface area (Å²) >= 11 is 0. The summed E-state index contributed by atoms with van der Waals surface area (Å²) in [6.45, 7) is 3.36. The number of carbonyl (C=O) groups is 2. The second-order valence-corrected chi connectivity index (χ2v) is 7.58. The first-order valence-electron chi connectivity index (χ1n) is 9.20. The molecule has 0 radical (unpaired) electrons. The lowest BCUT2D eigenvalue weighted by Crippen LogP contribution is -2.37. The maximum atomic E-state index is 13.2. The molecule has 1 saturated heterocycles. The first-order valence-corrected chi connectivity index (χ1v) is 9.20. The van der Waals surface area contributed by atoms with Crippen molar-refractivity contribution in [2.45, 2.75) is 37.5 Å². The molecule has 2 aromatic carbocycles. The number of amides is 1. The number of carbonyl (C=O) groups excluding carboxylic acids is 1. The van der Waals surface area contributed by atoms with Gasteiger partial charge in [-0.1, -0.05) is 48.0 Å². The van der Waals surface area contributed by atoms with Gasteiger partial charge in [-0.15, -0.1) is 0 Å². The summed E-state index contributed by atoms with van der Waals surface area (Å²) in [5, 5.41) is 9.43. The number of likely N-dealkylation sites (tertiary alicyclic amines) is 1. The first kappa shape index (κ1) is 16.8. The van der Waals surface area contributed by atoms with Crippen molar-refractivity contribution in [1.29, 1.82) is 0 Å². The van der Waals surface area contributed by atoms with E-state index in [9.17, 15) is 14.7 Å². The molecule has 4 heteroatoms. The van der Waals surface area contributed by atoms with Crippen LogP contribution in [0.2, 0.25) is 0 Å². The molecule has 1 N–H and O–H groups in total. The fourth-order valence-corrected chi connectivity index (χ4v) is 4.17. The molecule has 2 fully saturated rings. The van der Waals surface area contributed by atoms with Crippen LogP contribution in [0.25, 0.3) is 0 Å². The highest BCUT2D eigenvalue weighted by Gasteiger charge is 2.53. The molecule has 4 nitrogen and oxygen atoms in total. The lowest BCUT2D eigenvalue weighted by molar-refractivity contribution is -0.132. The number of nitrogens with zero attached hydrogens (tertiary/aromatic N) is 1. The Bertz CT molecular complexity index is 852. The van der Waals surface area contributed by atoms with E-state index < -0.39 is 5.97 Å². The van der Waals surface area contributed by atoms with E-state index in [1.165, 1.54) is 5.56 Å². The average molecular weight is 349 g/mol. The predicted molar refractivity (Wildman–Crippen MR) is 99.4 cm³/mol. The number of hydrogen-bond acceptors (Lipinski definition) is 2. The van der Waals surface area contributed by atoms with Gasteiger partial charge in [0.25, 0.3) is 0 Å². The van der Waals surface area contributed by atoms with Gasteiger partial charge >= 0.3 is 5.97 Å². The fourth-order valence-electron chi connectivity index (χ4n) is 4.17. The molecule has 2 aliphatic rings. The minimum atomic E-state index is -0.899. The maximum absolute atomic E-state index is 13.2. The van der Waals surface area contributed by atoms with Crippen molar-refractivity contribution in [2.24, 2.45) is 0 Å². The third-order valence-corrected chi connectivity index (χ3v) is 5.87. The van der Waals surface area contributed by atoms with E-state index in [1.807, 2.05) is 17.0 Å². The lowest BCUT2D eigenvalue weighted by atomic mass is 9.92. The molecule has 1 amide bonds. The molecule has 26 heavy (non-hydrogen) atoms. The number of hydrogen-bond donors (Lipinski definition) is 1. The Hall–Kier alpha value is -2.62. The van der Waals surface area contributed by atoms with Gasteiger partial charge in [-0.25, -0.2) is 4.79 Å². The first-order chi connectivity index (χ1) is 12.5. The summed E-state index contributed by atoms with van der Waals surface area (Å²) in [7, 11) is 0. The second-order valence-electron chi connectivity index (χ2n) is 7.58. The van der Waals surface area contributed by atoms with Crippen molar-refractivity contribution in [3.63, 3.8) is 0 Å². The van der Waals surface area contributed by atoms with E-state index in [1.54, 1.807) is 12.1 Å². The monoisotopic (exact) mass is 349 g/mol. The predicted octanol–water partition coefficient (Wildman–Crippen LogP) is 3.74. The zero-order chi connectivity index (χ0) is 18.3. The highest BCUT2D eigenvalue weighted by atomic mass is 16.4. The normalized spacial score (nSPS) is 20.8. The zero-order valence-corrected chi connectivity index (χ0v) is 14.9. The van der Waals surface area contributed by atoms with Crippen LogP contribution in [0.15, 0.2) is 48.5 Å². The summed E-state index contributed by atoms with van der Waals surface area (Å²) in [5.74, 6) is -0.597. The molecule has 4 rings (SSSR count). The molecule has 1 atom stereocenters. The standard InChI is InChI=1S/C22H23NO3/c1-15-6-8-17(9-7-15)22(11-12-22)21(26)23-13-10-16(14-23)18-4-2-3-5-19(18)20(24)25/h2-9,16H,10-14H2,1H3,(H,24,25)/t16-/m0/s1. The molecule has 0 aromatic heterocycles. The summed E-state index contributed by atoms with van der Waals surface area (Å²) in [5.41, 5.74) is 3.16. The van der Waals surface area contributed by atoms with E-state index in [4.69, 9.17) is 0 Å². The van der Waals surface area contributed by atoms with Crippen LogP contribution >= 0.6 is 0 Å². The van der Waals surface area contributed by atoms with Crippen LogP contribution in [0.5, 0.6) is 0 Å². The number of aromatic carboxylic acids is 1. The third-order valence-electron chi connectivity index (χ3n) is 5.87. The largest absolute Gasteiger partial charge is 0.478 e. The van der Waals surface area contributed by atoms with Gasteiger partial charge in [0.1, 0.15) is 0 Å². The smallest absolute Gasteiger partial charge is 0.335 e. The Morgan fingerprint density at radius 1 is 1.08 bits per heavy atom. The van der Waals surface area contributed by atoms with Gasteiger partial charge in [0.15, 0.2) is 0 Å². The number of carboxylic acids is 1. The fraction of sp³-hybridized carbons (Fsp3) is 0.364. The van der Waals surface area contributed by atoms with Gasteiger partial charge < -0.3 is 10.0 Å². The number of aryl methyl sites for hydroxylation is 1. The van der Waals surface area contributed by atoms with E-state index >= 15 is 0 Å². The zero-order valence-electron chi connectivity index (χ0n) is 14.9. The summed E-state index contributed by atoms with van der Waals surface area (Å²) in [6, 6.07) is 15.5. The molecule has 1 aliphatic heterocycles. The molecule has 2 aromatic rings. The van der Waals surface area contributed by atoms with Crippen molar-refractivity contribution in [3.8, 4) is 0 Å². The minimum absolute atomic E-state index is 0.0973. The number of carboxylic acid groups (broad SMARTS) is 1. The Morgan fingerprint density at radius 3 is 2.42 bits per heavy atom. The van der Waals surface area contributed by atoms with Crippen LogP contribution in [0, 0.1) is 6.92 Å². The van der Waals surface area contributed by atoms with E-state index in [-0.39, 0.29) is 17.2 Å². The summed E-state index contributed by atoms with van der Waals surface area (Å²) < 4.78 is 0. The Balaban J connectivity index is 1.53. The van der Waals surface area contributed by atoms with Crippen LogP contribution in [0.3, 0.4) is 0 Å². The van der Waals surface area contributed by atoms with Crippen molar-refractivity contribution >= 4 is 11.9 Å². The molecule has 0 unspecified atom stereocenters. The average Bonchev–Trinajstić information content (AvgIpc) is 3.31. The van der Waals surface area contributed by atoms with Crippen LogP contribution in [-0.2, 0) is 10.2 Å². The molecule has 1 heterocycles. The van der Waals surface area contributed by atoms with Gasteiger partial charge in [-0.2, -0.15) is 0 Å². The molecule has 134 valence electrons. The molecule has 1 saturated carbocycles. The maximum Gasteiger partial charge on any atom is 0.335 e.